The van der Waals surface area contributed by atoms with E-state index in [0.29, 0.717) is 6.04 Å². The van der Waals surface area contributed by atoms with E-state index < -0.39 is 5.60 Å². The minimum atomic E-state index is -0.432. The third kappa shape index (κ3) is 3.39. The molecule has 0 bridgehead atoms. The SMILES string of the molecule is Cc1cc(N2CCC3(CO3)CC2(C)C)nn1C1CC2(C1)CN(C(=O)OC(C)(C)C)C2. The Kier molecular flexibility index (Phi) is 4.13. The lowest BCUT2D eigenvalue weighted by Gasteiger charge is -2.58. The molecule has 30 heavy (non-hydrogen) atoms. The lowest BCUT2D eigenvalue weighted by molar-refractivity contribution is -0.0930. The van der Waals surface area contributed by atoms with Crippen LogP contribution < -0.4 is 4.90 Å². The lowest BCUT2D eigenvalue weighted by Crippen LogP contribution is -2.64. The van der Waals surface area contributed by atoms with Crippen LogP contribution in [0, 0.1) is 12.3 Å². The molecule has 1 aromatic rings. The van der Waals surface area contributed by atoms with Gasteiger partial charge in [0, 0.05) is 48.8 Å². The Balaban J connectivity index is 1.20. The van der Waals surface area contributed by atoms with E-state index in [1.54, 1.807) is 0 Å². The number of ether oxygens (including phenoxy) is 2. The van der Waals surface area contributed by atoms with Gasteiger partial charge in [0.2, 0.25) is 0 Å². The lowest BCUT2D eigenvalue weighted by atomic mass is 9.61. The van der Waals surface area contributed by atoms with Crippen molar-refractivity contribution in [3.05, 3.63) is 11.8 Å². The maximum atomic E-state index is 12.2. The summed E-state index contributed by atoms with van der Waals surface area (Å²) in [5, 5.41) is 5.04. The number of amides is 1. The molecular weight excluding hydrogens is 380 g/mol. The highest BCUT2D eigenvalue weighted by molar-refractivity contribution is 5.69. The van der Waals surface area contributed by atoms with Gasteiger partial charge in [0.05, 0.1) is 18.2 Å². The van der Waals surface area contributed by atoms with E-state index in [1.165, 1.54) is 5.69 Å². The van der Waals surface area contributed by atoms with Gasteiger partial charge in [-0.2, -0.15) is 5.10 Å². The zero-order valence-electron chi connectivity index (χ0n) is 19.3. The van der Waals surface area contributed by atoms with Gasteiger partial charge in [0.1, 0.15) is 5.60 Å². The summed E-state index contributed by atoms with van der Waals surface area (Å²) in [7, 11) is 0. The molecule has 4 fully saturated rings. The van der Waals surface area contributed by atoms with Crippen LogP contribution in [0.25, 0.3) is 0 Å². The highest BCUT2D eigenvalue weighted by Crippen LogP contribution is 2.55. The summed E-state index contributed by atoms with van der Waals surface area (Å²) in [4.78, 5) is 16.5. The normalized spacial score (nSPS) is 29.7. The van der Waals surface area contributed by atoms with Crippen LogP contribution in [0.1, 0.15) is 72.0 Å². The molecule has 3 aliphatic heterocycles. The highest BCUT2D eigenvalue weighted by atomic mass is 16.6. The van der Waals surface area contributed by atoms with E-state index in [2.05, 4.69) is 36.4 Å². The molecule has 1 saturated carbocycles. The summed E-state index contributed by atoms with van der Waals surface area (Å²) in [6.45, 7) is 16.1. The van der Waals surface area contributed by atoms with Gasteiger partial charge < -0.3 is 19.3 Å². The minimum absolute atomic E-state index is 0.0586. The fourth-order valence-electron chi connectivity index (χ4n) is 5.93. The second-order valence-electron chi connectivity index (χ2n) is 11.8. The molecule has 1 unspecified atom stereocenters. The first kappa shape index (κ1) is 20.2. The molecule has 7 heteroatoms. The van der Waals surface area contributed by atoms with E-state index in [-0.39, 0.29) is 22.6 Å². The van der Waals surface area contributed by atoms with Gasteiger partial charge in [-0.05, 0) is 60.8 Å². The predicted molar refractivity (Wildman–Crippen MR) is 115 cm³/mol. The van der Waals surface area contributed by atoms with Crippen molar-refractivity contribution in [2.24, 2.45) is 5.41 Å². The van der Waals surface area contributed by atoms with Crippen LogP contribution in [0.5, 0.6) is 0 Å². The van der Waals surface area contributed by atoms with Crippen LogP contribution in [0.3, 0.4) is 0 Å². The van der Waals surface area contributed by atoms with Crippen LogP contribution in [0.15, 0.2) is 6.07 Å². The summed E-state index contributed by atoms with van der Waals surface area (Å²) < 4.78 is 13.5. The molecule has 0 radical (unpaired) electrons. The van der Waals surface area contributed by atoms with E-state index in [0.717, 1.165) is 57.7 Å². The Hall–Kier alpha value is -1.76. The Morgan fingerprint density at radius 2 is 1.93 bits per heavy atom. The Bertz CT molecular complexity index is 850. The molecule has 3 saturated heterocycles. The number of epoxide rings is 1. The number of aryl methyl sites for hydroxylation is 1. The van der Waals surface area contributed by atoms with E-state index >= 15 is 0 Å². The molecule has 1 aromatic heterocycles. The van der Waals surface area contributed by atoms with Crippen molar-refractivity contribution >= 4 is 11.9 Å². The monoisotopic (exact) mass is 416 g/mol. The number of anilines is 1. The number of nitrogens with zero attached hydrogens (tertiary/aromatic N) is 4. The second-order valence-corrected chi connectivity index (χ2v) is 11.8. The van der Waals surface area contributed by atoms with Crippen molar-refractivity contribution in [3.8, 4) is 0 Å². The summed E-state index contributed by atoms with van der Waals surface area (Å²) in [6.07, 6.45) is 4.16. The van der Waals surface area contributed by atoms with Crippen LogP contribution in [-0.2, 0) is 9.47 Å². The molecular formula is C23H36N4O3. The molecule has 4 aliphatic rings. The molecule has 0 aromatic carbocycles. The Morgan fingerprint density at radius 3 is 2.50 bits per heavy atom. The van der Waals surface area contributed by atoms with Crippen LogP contribution in [0.2, 0.25) is 0 Å². The van der Waals surface area contributed by atoms with Crippen molar-refractivity contribution in [1.82, 2.24) is 14.7 Å². The number of aromatic nitrogens is 2. The largest absolute Gasteiger partial charge is 0.444 e. The predicted octanol–water partition coefficient (Wildman–Crippen LogP) is 3.91. The molecule has 1 atom stereocenters. The summed E-state index contributed by atoms with van der Waals surface area (Å²) in [5.74, 6) is 1.10. The van der Waals surface area contributed by atoms with Crippen LogP contribution in [0.4, 0.5) is 10.6 Å². The number of hydrogen-bond donors (Lipinski definition) is 0. The number of hydrogen-bond acceptors (Lipinski definition) is 5. The third-order valence-corrected chi connectivity index (χ3v) is 7.40. The molecule has 166 valence electrons. The fraction of sp³-hybridized carbons (Fsp3) is 0.826. The fourth-order valence-corrected chi connectivity index (χ4v) is 5.93. The van der Waals surface area contributed by atoms with Crippen LogP contribution in [-0.4, -0.2) is 63.8 Å². The van der Waals surface area contributed by atoms with E-state index in [1.807, 2.05) is 25.7 Å². The number of likely N-dealkylation sites (tertiary alicyclic amines) is 1. The van der Waals surface area contributed by atoms with Gasteiger partial charge in [-0.1, -0.05) is 0 Å². The first-order valence-electron chi connectivity index (χ1n) is 11.4. The molecule has 0 N–H and O–H groups in total. The highest BCUT2D eigenvalue weighted by Gasteiger charge is 2.56. The minimum Gasteiger partial charge on any atom is -0.444 e. The van der Waals surface area contributed by atoms with Crippen molar-refractivity contribution in [2.45, 2.75) is 90.0 Å². The maximum absolute atomic E-state index is 12.2. The van der Waals surface area contributed by atoms with E-state index in [9.17, 15) is 4.79 Å². The van der Waals surface area contributed by atoms with Gasteiger partial charge in [-0.25, -0.2) is 4.79 Å². The standard InChI is InChI=1S/C23H36N4O3/c1-16-9-18(26-8-7-23(15-29-23)12-21(26,5)6)24-27(16)17-10-22(11-17)13-25(14-22)19(28)30-20(2,3)4/h9,17H,7-8,10-15H2,1-6H3. The number of rotatable bonds is 2. The summed E-state index contributed by atoms with van der Waals surface area (Å²) in [6, 6.07) is 2.68. The number of carbonyl (C=O) groups excluding carboxylic acids is 1. The van der Waals surface area contributed by atoms with Gasteiger partial charge in [0.15, 0.2) is 5.82 Å². The zero-order valence-corrected chi connectivity index (χ0v) is 19.3. The Morgan fingerprint density at radius 1 is 1.27 bits per heavy atom. The molecule has 5 rings (SSSR count). The first-order chi connectivity index (χ1) is 13.9. The van der Waals surface area contributed by atoms with Gasteiger partial charge in [0.25, 0.3) is 0 Å². The average Bonchev–Trinajstić information content (AvgIpc) is 3.15. The van der Waals surface area contributed by atoms with E-state index in [4.69, 9.17) is 14.6 Å². The second kappa shape index (κ2) is 6.15. The Labute approximate surface area is 179 Å². The van der Waals surface area contributed by atoms with Crippen molar-refractivity contribution in [1.29, 1.82) is 0 Å². The topological polar surface area (TPSA) is 63.1 Å². The zero-order chi connectivity index (χ0) is 21.5. The number of piperidine rings is 1. The summed E-state index contributed by atoms with van der Waals surface area (Å²) in [5.41, 5.74) is 1.26. The van der Waals surface area contributed by atoms with Crippen molar-refractivity contribution in [2.75, 3.05) is 31.1 Å². The van der Waals surface area contributed by atoms with Crippen molar-refractivity contribution < 1.29 is 14.3 Å². The van der Waals surface area contributed by atoms with Crippen LogP contribution >= 0.6 is 0 Å². The van der Waals surface area contributed by atoms with Gasteiger partial charge >= 0.3 is 6.09 Å². The molecule has 1 aliphatic carbocycles. The first-order valence-corrected chi connectivity index (χ1v) is 11.4. The molecule has 4 heterocycles. The van der Waals surface area contributed by atoms with Gasteiger partial charge in [-0.15, -0.1) is 0 Å². The van der Waals surface area contributed by atoms with Gasteiger partial charge in [-0.3, -0.25) is 4.68 Å². The summed E-state index contributed by atoms with van der Waals surface area (Å²) >= 11 is 0. The number of carbonyl (C=O) groups is 1. The smallest absolute Gasteiger partial charge is 0.410 e. The average molecular weight is 417 g/mol. The maximum Gasteiger partial charge on any atom is 0.410 e. The quantitative estimate of drug-likeness (QED) is 0.684. The molecule has 2 spiro atoms. The molecule has 7 nitrogen and oxygen atoms in total. The molecule has 1 amide bonds. The van der Waals surface area contributed by atoms with Crippen molar-refractivity contribution in [3.63, 3.8) is 0 Å². The third-order valence-electron chi connectivity index (χ3n) is 7.40.